The van der Waals surface area contributed by atoms with E-state index in [2.05, 4.69) is 59.9 Å². The van der Waals surface area contributed by atoms with Crippen LogP contribution in [0, 0.1) is 6.92 Å². The van der Waals surface area contributed by atoms with Gasteiger partial charge in [-0.3, -0.25) is 0 Å². The highest BCUT2D eigenvalue weighted by atomic mass is 79.9. The monoisotopic (exact) mass is 251 g/mol. The first-order valence-electron chi connectivity index (χ1n) is 4.87. The molecule has 1 aromatic carbocycles. The molecule has 74 valence electrons. The van der Waals surface area contributed by atoms with E-state index in [1.54, 1.807) is 0 Å². The molecule has 0 saturated carbocycles. The van der Waals surface area contributed by atoms with Gasteiger partial charge in [-0.15, -0.1) is 0 Å². The van der Waals surface area contributed by atoms with Gasteiger partial charge in [0.15, 0.2) is 0 Å². The standard InChI is InChI=1S/C12H14BrN/c1-7(2)9-4-5-11-10(12(9)13)6-8(3)14-11/h4-7,14H,1-3H3. The summed E-state index contributed by atoms with van der Waals surface area (Å²) in [7, 11) is 0. The van der Waals surface area contributed by atoms with Crippen molar-refractivity contribution in [2.45, 2.75) is 26.7 Å². The second-order valence-corrected chi connectivity index (χ2v) is 4.83. The molecule has 2 aromatic rings. The van der Waals surface area contributed by atoms with E-state index in [9.17, 15) is 0 Å². The van der Waals surface area contributed by atoms with Crippen molar-refractivity contribution in [1.29, 1.82) is 0 Å². The molecule has 1 nitrogen and oxygen atoms in total. The summed E-state index contributed by atoms with van der Waals surface area (Å²) < 4.78 is 1.23. The normalized spacial score (nSPS) is 11.5. The van der Waals surface area contributed by atoms with Crippen LogP contribution in [0.1, 0.15) is 31.0 Å². The van der Waals surface area contributed by atoms with Gasteiger partial charge in [0, 0.05) is 21.1 Å². The molecule has 0 aliphatic carbocycles. The number of nitrogens with one attached hydrogen (secondary N) is 1. The fraction of sp³-hybridized carbons (Fsp3) is 0.333. The molecule has 0 fully saturated rings. The Morgan fingerprint density at radius 2 is 2.00 bits per heavy atom. The molecular formula is C12H14BrN. The fourth-order valence-electron chi connectivity index (χ4n) is 1.77. The van der Waals surface area contributed by atoms with Crippen LogP contribution in [0.3, 0.4) is 0 Å². The third-order valence-corrected chi connectivity index (χ3v) is 3.41. The van der Waals surface area contributed by atoms with Gasteiger partial charge in [-0.1, -0.05) is 19.9 Å². The highest BCUT2D eigenvalue weighted by Gasteiger charge is 2.09. The van der Waals surface area contributed by atoms with Crippen molar-refractivity contribution in [1.82, 2.24) is 4.98 Å². The minimum absolute atomic E-state index is 0.559. The van der Waals surface area contributed by atoms with Gasteiger partial charge in [-0.05, 0) is 46.5 Å². The van der Waals surface area contributed by atoms with Crippen LogP contribution in [0.15, 0.2) is 22.7 Å². The average Bonchev–Trinajstić information content (AvgIpc) is 2.46. The molecular weight excluding hydrogens is 238 g/mol. The molecule has 0 amide bonds. The largest absolute Gasteiger partial charge is 0.359 e. The summed E-state index contributed by atoms with van der Waals surface area (Å²) >= 11 is 3.68. The number of hydrogen-bond donors (Lipinski definition) is 1. The maximum absolute atomic E-state index is 3.68. The number of fused-ring (bicyclic) bond motifs is 1. The molecule has 2 rings (SSSR count). The first-order valence-corrected chi connectivity index (χ1v) is 5.66. The Kier molecular flexibility index (Phi) is 2.40. The number of H-pyrrole nitrogens is 1. The van der Waals surface area contributed by atoms with Gasteiger partial charge in [-0.25, -0.2) is 0 Å². The van der Waals surface area contributed by atoms with Crippen molar-refractivity contribution in [3.05, 3.63) is 33.9 Å². The molecule has 0 unspecified atom stereocenters. The second-order valence-electron chi connectivity index (χ2n) is 4.04. The van der Waals surface area contributed by atoms with Crippen molar-refractivity contribution in [3.63, 3.8) is 0 Å². The topological polar surface area (TPSA) is 15.8 Å². The summed E-state index contributed by atoms with van der Waals surface area (Å²) in [6, 6.07) is 6.53. The Hall–Kier alpha value is -0.760. The SMILES string of the molecule is Cc1cc2c(Br)c(C(C)C)ccc2[nH]1. The van der Waals surface area contributed by atoms with E-state index in [0.29, 0.717) is 5.92 Å². The first-order chi connectivity index (χ1) is 6.59. The summed E-state index contributed by atoms with van der Waals surface area (Å²) in [5.41, 5.74) is 3.79. The molecule has 14 heavy (non-hydrogen) atoms. The van der Waals surface area contributed by atoms with E-state index >= 15 is 0 Å². The molecule has 2 heteroatoms. The minimum atomic E-state index is 0.559. The van der Waals surface area contributed by atoms with E-state index < -0.39 is 0 Å². The zero-order valence-electron chi connectivity index (χ0n) is 8.69. The van der Waals surface area contributed by atoms with Crippen LogP contribution in [0.2, 0.25) is 0 Å². The number of hydrogen-bond acceptors (Lipinski definition) is 0. The van der Waals surface area contributed by atoms with Crippen molar-refractivity contribution in [2.24, 2.45) is 0 Å². The predicted octanol–water partition coefficient (Wildman–Crippen LogP) is 4.36. The molecule has 0 atom stereocenters. The highest BCUT2D eigenvalue weighted by Crippen LogP contribution is 2.32. The smallest absolute Gasteiger partial charge is 0.0467 e. The first kappa shape index (κ1) is 9.78. The van der Waals surface area contributed by atoms with Crippen LogP contribution in [0.4, 0.5) is 0 Å². The van der Waals surface area contributed by atoms with Gasteiger partial charge in [0.05, 0.1) is 0 Å². The van der Waals surface area contributed by atoms with Crippen molar-refractivity contribution >= 4 is 26.8 Å². The Morgan fingerprint density at radius 1 is 1.29 bits per heavy atom. The molecule has 0 bridgehead atoms. The molecule has 0 radical (unpaired) electrons. The molecule has 0 aliphatic rings. The molecule has 0 aliphatic heterocycles. The molecule has 1 heterocycles. The number of rotatable bonds is 1. The third-order valence-electron chi connectivity index (χ3n) is 2.52. The minimum Gasteiger partial charge on any atom is -0.359 e. The Morgan fingerprint density at radius 3 is 2.64 bits per heavy atom. The number of aromatic nitrogens is 1. The number of benzene rings is 1. The lowest BCUT2D eigenvalue weighted by Gasteiger charge is -2.08. The maximum atomic E-state index is 3.68. The summed E-state index contributed by atoms with van der Waals surface area (Å²) in [5.74, 6) is 0.559. The van der Waals surface area contributed by atoms with E-state index in [0.717, 1.165) is 0 Å². The van der Waals surface area contributed by atoms with Crippen LogP contribution >= 0.6 is 15.9 Å². The van der Waals surface area contributed by atoms with Gasteiger partial charge in [0.1, 0.15) is 0 Å². The maximum Gasteiger partial charge on any atom is 0.0467 e. The van der Waals surface area contributed by atoms with Gasteiger partial charge >= 0.3 is 0 Å². The van der Waals surface area contributed by atoms with Crippen LogP contribution in [0.5, 0.6) is 0 Å². The highest BCUT2D eigenvalue weighted by molar-refractivity contribution is 9.10. The van der Waals surface area contributed by atoms with Crippen molar-refractivity contribution < 1.29 is 0 Å². The van der Waals surface area contributed by atoms with E-state index in [4.69, 9.17) is 0 Å². The van der Waals surface area contributed by atoms with Gasteiger partial charge in [0.2, 0.25) is 0 Å². The lowest BCUT2D eigenvalue weighted by Crippen LogP contribution is -1.88. The third kappa shape index (κ3) is 1.48. The van der Waals surface area contributed by atoms with Crippen LogP contribution < -0.4 is 0 Å². The van der Waals surface area contributed by atoms with Crippen LogP contribution in [-0.4, -0.2) is 4.98 Å². The van der Waals surface area contributed by atoms with Crippen molar-refractivity contribution in [3.8, 4) is 0 Å². The summed E-state index contributed by atoms with van der Waals surface area (Å²) in [6.45, 7) is 6.51. The summed E-state index contributed by atoms with van der Waals surface area (Å²) in [5, 5.41) is 1.29. The lowest BCUT2D eigenvalue weighted by atomic mass is 10.0. The molecule has 0 spiro atoms. The predicted molar refractivity (Wildman–Crippen MR) is 64.8 cm³/mol. The molecule has 1 aromatic heterocycles. The fourth-order valence-corrected chi connectivity index (χ4v) is 2.69. The number of aromatic amines is 1. The van der Waals surface area contributed by atoms with E-state index in [1.807, 2.05) is 0 Å². The zero-order chi connectivity index (χ0) is 10.3. The zero-order valence-corrected chi connectivity index (χ0v) is 10.3. The second kappa shape index (κ2) is 3.43. The van der Waals surface area contributed by atoms with Crippen molar-refractivity contribution in [2.75, 3.05) is 0 Å². The summed E-state index contributed by atoms with van der Waals surface area (Å²) in [4.78, 5) is 3.34. The van der Waals surface area contributed by atoms with Gasteiger partial charge < -0.3 is 4.98 Å². The van der Waals surface area contributed by atoms with E-state index in [1.165, 1.54) is 26.6 Å². The van der Waals surface area contributed by atoms with Gasteiger partial charge in [-0.2, -0.15) is 0 Å². The quantitative estimate of drug-likeness (QED) is 0.776. The van der Waals surface area contributed by atoms with E-state index in [-0.39, 0.29) is 0 Å². The molecule has 0 saturated heterocycles. The summed E-state index contributed by atoms with van der Waals surface area (Å²) in [6.07, 6.45) is 0. The Balaban J connectivity index is 2.74. The van der Waals surface area contributed by atoms with Crippen LogP contribution in [-0.2, 0) is 0 Å². The number of aryl methyl sites for hydroxylation is 1. The lowest BCUT2D eigenvalue weighted by molar-refractivity contribution is 0.863. The Labute approximate surface area is 92.6 Å². The molecule has 1 N–H and O–H groups in total. The Bertz CT molecular complexity index is 468. The number of halogens is 1. The average molecular weight is 252 g/mol. The van der Waals surface area contributed by atoms with Gasteiger partial charge in [0.25, 0.3) is 0 Å². The van der Waals surface area contributed by atoms with Crippen LogP contribution in [0.25, 0.3) is 10.9 Å².